The highest BCUT2D eigenvalue weighted by atomic mass is 16.5. The van der Waals surface area contributed by atoms with Gasteiger partial charge in [0.25, 0.3) is 0 Å². The Morgan fingerprint density at radius 1 is 0.349 bits per heavy atom. The van der Waals surface area contributed by atoms with Crippen LogP contribution in [0.1, 0.15) is 125 Å². The van der Waals surface area contributed by atoms with Crippen molar-refractivity contribution < 1.29 is 29.3 Å². The molecule has 2 N–H and O–H groups in total. The van der Waals surface area contributed by atoms with Crippen LogP contribution < -0.4 is 9.47 Å². The molecule has 426 valence electrons. The van der Waals surface area contributed by atoms with Gasteiger partial charge in [-0.15, -0.1) is 0 Å². The van der Waals surface area contributed by atoms with Crippen LogP contribution in [-0.4, -0.2) is 78.2 Å². The van der Waals surface area contributed by atoms with E-state index >= 15 is 0 Å². The number of benzene rings is 6. The van der Waals surface area contributed by atoms with Gasteiger partial charge in [0.1, 0.15) is 46.6 Å². The normalized spacial score (nSPS) is 12.1. The second-order valence-electron chi connectivity index (χ2n) is 22.9. The smallest absolute Gasteiger partial charge is 0.199 e. The number of hydrogen-bond acceptors (Lipinski definition) is 12. The number of carbonyl (C=O) groups excluding carboxylic acids is 2. The Bertz CT molecular complexity index is 3470. The van der Waals surface area contributed by atoms with E-state index in [1.54, 1.807) is 38.1 Å². The summed E-state index contributed by atoms with van der Waals surface area (Å²) in [7, 11) is 2.77. The highest BCUT2D eigenvalue weighted by Gasteiger charge is 2.27. The molecule has 8 rings (SSSR count). The maximum absolute atomic E-state index is 13.4. The Balaban J connectivity index is 0.968. The molecule has 2 heterocycles. The van der Waals surface area contributed by atoms with Crippen LogP contribution in [0.25, 0.3) is 68.3 Å². The molecule has 0 aliphatic heterocycles. The van der Waals surface area contributed by atoms with Crippen molar-refractivity contribution in [3.05, 3.63) is 148 Å². The third kappa shape index (κ3) is 11.3. The molecule has 0 saturated heterocycles. The van der Waals surface area contributed by atoms with Gasteiger partial charge in [-0.1, -0.05) is 6.22 Å². The van der Waals surface area contributed by atoms with Gasteiger partial charge in [0.15, 0.2) is 49.5 Å². The van der Waals surface area contributed by atoms with E-state index in [1.807, 2.05) is 0 Å². The van der Waals surface area contributed by atoms with Gasteiger partial charge in [0, 0.05) is 34.4 Å². The number of nitrogens with zero attached hydrogens (tertiary/aromatic N) is 6. The lowest BCUT2D eigenvalue weighted by molar-refractivity contribution is -0.117. The van der Waals surface area contributed by atoms with Crippen molar-refractivity contribution >= 4 is 25.9 Å². The summed E-state index contributed by atoms with van der Waals surface area (Å²) >= 11 is 0. The zero-order chi connectivity index (χ0) is 61.1. The lowest BCUT2D eigenvalue weighted by atomic mass is 9.50. The molecule has 0 spiro atoms. The number of hydrogen-bond donors (Lipinski definition) is 2. The average Bonchev–Trinajstić information content (AvgIpc) is 2.52. The maximum atomic E-state index is 13.4. The monoisotopic (exact) mass is 1110 g/mol. The van der Waals surface area contributed by atoms with Crippen LogP contribution in [0.3, 0.4) is 0 Å². The van der Waals surface area contributed by atoms with Crippen LogP contribution in [0.5, 0.6) is 23.0 Å². The molecule has 2 atom stereocenters. The van der Waals surface area contributed by atoms with Gasteiger partial charge < -0.3 is 29.3 Å². The Kier molecular flexibility index (Phi) is 17.4. The van der Waals surface area contributed by atoms with Crippen molar-refractivity contribution in [1.82, 2.24) is 29.9 Å². The summed E-state index contributed by atoms with van der Waals surface area (Å²) in [6.45, 7) is 45.5. The fraction of sp³-hybridized carbons (Fsp3) is 0.362. The lowest BCUT2D eigenvalue weighted by Gasteiger charge is -2.21. The van der Waals surface area contributed by atoms with Gasteiger partial charge in [-0.25, -0.2) is 29.9 Å². The van der Waals surface area contributed by atoms with E-state index in [9.17, 15) is 19.8 Å². The third-order valence-corrected chi connectivity index (χ3v) is 18.7. The molecule has 6 aromatic carbocycles. The largest absolute Gasteiger partial charge is 0.507 e. The molecule has 0 saturated carbocycles. The van der Waals surface area contributed by atoms with E-state index in [1.165, 1.54) is 93.5 Å². The Hall–Kier alpha value is -7.99. The first kappa shape index (κ1) is 61.1. The highest BCUT2D eigenvalue weighted by molar-refractivity contribution is 6.89. The van der Waals surface area contributed by atoms with E-state index in [4.69, 9.17) is 39.4 Å². The van der Waals surface area contributed by atoms with Crippen molar-refractivity contribution in [3.8, 4) is 91.3 Å². The summed E-state index contributed by atoms with van der Waals surface area (Å²) in [6, 6.07) is 9.64. The number of carbonyl (C=O) groups is 2. The van der Waals surface area contributed by atoms with Crippen LogP contribution in [0, 0.1) is 138 Å². The third-order valence-electron chi connectivity index (χ3n) is 18.7. The standard InChI is InChI=1S/C69H78B2N6O6/c1-30-34(5)42(13)58(43(14)35(30)6)66-72-64(73-67(76-66)59-44(15)36(7)31(2)37(8)45(59)16)54-25-23-52(27-56(54)78)82-50(21)62(80)70-29-71-63(81)51(22)83-53-24-26-55(57(79)28-53)65-74-68(60-46(17)38(9)32(3)39(10)47(60)18)77-69(75-65)61-48(19)40(11)33(4)41(12)49(61)20/h23-28,50-51,78-79H,29H2,1-22H3. The van der Waals surface area contributed by atoms with Crippen molar-refractivity contribution in [2.75, 3.05) is 0 Å². The molecule has 8 aromatic rings. The van der Waals surface area contributed by atoms with Crippen LogP contribution in [0.15, 0.2) is 36.4 Å². The van der Waals surface area contributed by atoms with E-state index in [0.29, 0.717) is 46.1 Å². The summed E-state index contributed by atoms with van der Waals surface area (Å²) < 4.78 is 12.1. The molecule has 2 unspecified atom stereocenters. The number of rotatable bonds is 16. The minimum atomic E-state index is -0.944. The molecule has 0 bridgehead atoms. The van der Waals surface area contributed by atoms with Crippen molar-refractivity contribution in [3.63, 3.8) is 0 Å². The van der Waals surface area contributed by atoms with Gasteiger partial charge in [-0.05, 0) is 288 Å². The summed E-state index contributed by atoms with van der Waals surface area (Å²) in [5.74, 6) is 2.93. The number of aromatic nitrogens is 6. The number of phenols is 2. The minimum absolute atomic E-state index is 0.0253. The van der Waals surface area contributed by atoms with E-state index in [2.05, 4.69) is 138 Å². The second kappa shape index (κ2) is 23.7. The van der Waals surface area contributed by atoms with Crippen LogP contribution >= 0.6 is 0 Å². The van der Waals surface area contributed by atoms with Gasteiger partial charge in [0.05, 0.1) is 11.1 Å². The van der Waals surface area contributed by atoms with Crippen LogP contribution in [0.2, 0.25) is 6.22 Å². The first-order valence-corrected chi connectivity index (χ1v) is 28.5. The number of ether oxygens (including phenoxy) is 2. The molecule has 0 amide bonds. The number of phenolic OH excluding ortho intramolecular Hbond substituents is 2. The summed E-state index contributed by atoms with van der Waals surface area (Å²) in [6.07, 6.45) is -1.86. The summed E-state index contributed by atoms with van der Waals surface area (Å²) in [5, 5.41) is 23.3. The van der Waals surface area contributed by atoms with Crippen molar-refractivity contribution in [1.29, 1.82) is 0 Å². The second-order valence-corrected chi connectivity index (χ2v) is 22.9. The van der Waals surface area contributed by atoms with Gasteiger partial charge in [0.2, 0.25) is 0 Å². The zero-order valence-electron chi connectivity index (χ0n) is 52.7. The van der Waals surface area contributed by atoms with E-state index in [-0.39, 0.29) is 40.6 Å². The SMILES string of the molecule is Cc1c(C)c(C)c(-c2nc(-c3ccc(OC(C)C(=O)[B]C[B]C(=O)C(C)Oc4ccc(-c5nc(-c6c(C)c(C)c(C)c(C)c6C)nc(-c6c(C)c(C)c(C)c(C)c6C)n5)c(O)c4)cc3O)nc(-c3c(C)c(C)c(C)c(C)c3C)n2)c(C)c1C. The van der Waals surface area contributed by atoms with Crippen LogP contribution in [-0.2, 0) is 9.59 Å². The molecule has 0 aliphatic carbocycles. The van der Waals surface area contributed by atoms with Crippen molar-refractivity contribution in [2.24, 2.45) is 0 Å². The topological polar surface area (TPSA) is 170 Å². The lowest BCUT2D eigenvalue weighted by Crippen LogP contribution is -2.33. The van der Waals surface area contributed by atoms with E-state index < -0.39 is 12.2 Å². The first-order chi connectivity index (χ1) is 39.0. The molecular formula is C69H78B2N6O6. The molecular weight excluding hydrogens is 1030 g/mol. The fourth-order valence-corrected chi connectivity index (χ4v) is 11.5. The summed E-state index contributed by atoms with van der Waals surface area (Å²) in [4.78, 5) is 57.4. The Morgan fingerprint density at radius 2 is 0.554 bits per heavy atom. The summed E-state index contributed by atoms with van der Waals surface area (Å²) in [5.41, 5.74) is 26.7. The molecule has 2 aromatic heterocycles. The molecule has 14 heteroatoms. The molecule has 12 nitrogen and oxygen atoms in total. The first-order valence-electron chi connectivity index (χ1n) is 28.5. The Morgan fingerprint density at radius 3 is 0.771 bits per heavy atom. The van der Waals surface area contributed by atoms with Crippen LogP contribution in [0.4, 0.5) is 0 Å². The van der Waals surface area contributed by atoms with Gasteiger partial charge >= 0.3 is 0 Å². The predicted molar refractivity (Wildman–Crippen MR) is 337 cm³/mol. The average molecular weight is 1110 g/mol. The maximum Gasteiger partial charge on any atom is 0.199 e. The molecule has 0 aliphatic rings. The minimum Gasteiger partial charge on any atom is -0.507 e. The van der Waals surface area contributed by atoms with Crippen molar-refractivity contribution in [2.45, 2.75) is 171 Å². The van der Waals surface area contributed by atoms with E-state index in [0.717, 1.165) is 66.8 Å². The predicted octanol–water partition coefficient (Wildman–Crippen LogP) is 14.7. The molecule has 2 radical (unpaired) electrons. The highest BCUT2D eigenvalue weighted by Crippen LogP contribution is 2.42. The quantitative estimate of drug-likeness (QED) is 0.0879. The van der Waals surface area contributed by atoms with Gasteiger partial charge in [-0.3, -0.25) is 0 Å². The Labute approximate surface area is 492 Å². The number of aromatic hydroxyl groups is 2. The molecule has 0 fully saturated rings. The fourth-order valence-electron chi connectivity index (χ4n) is 11.5. The zero-order valence-corrected chi connectivity index (χ0v) is 52.7. The molecule has 83 heavy (non-hydrogen) atoms. The van der Waals surface area contributed by atoms with Gasteiger partial charge in [-0.2, -0.15) is 0 Å².